The zero-order valence-corrected chi connectivity index (χ0v) is 14.4. The lowest BCUT2D eigenvalue weighted by Gasteiger charge is -2.20. The monoisotopic (exact) mass is 346 g/mol. The summed E-state index contributed by atoms with van der Waals surface area (Å²) in [5.74, 6) is 0. The first kappa shape index (κ1) is 16.1. The molecule has 2 aromatic rings. The molecule has 112 valence electrons. The van der Waals surface area contributed by atoms with Crippen molar-refractivity contribution in [2.75, 3.05) is 18.4 Å². The van der Waals surface area contributed by atoms with Crippen molar-refractivity contribution in [2.45, 2.75) is 26.9 Å². The maximum absolute atomic E-state index is 3.56. The van der Waals surface area contributed by atoms with Crippen molar-refractivity contribution in [2.24, 2.45) is 0 Å². The number of anilines is 1. The van der Waals surface area contributed by atoms with Crippen LogP contribution in [0.5, 0.6) is 0 Å². The Morgan fingerprint density at radius 1 is 0.952 bits per heavy atom. The molecule has 0 fully saturated rings. The predicted octanol–water partition coefficient (Wildman–Crippen LogP) is 4.90. The van der Waals surface area contributed by atoms with E-state index in [9.17, 15) is 0 Å². The highest BCUT2D eigenvalue weighted by molar-refractivity contribution is 9.10. The lowest BCUT2D eigenvalue weighted by atomic mass is 10.1. The van der Waals surface area contributed by atoms with Gasteiger partial charge < -0.3 is 5.32 Å². The highest BCUT2D eigenvalue weighted by Crippen LogP contribution is 2.19. The number of nitrogens with one attached hydrogen (secondary N) is 1. The Balaban J connectivity index is 2.04. The summed E-state index contributed by atoms with van der Waals surface area (Å²) < 4.78 is 1.12. The van der Waals surface area contributed by atoms with Crippen LogP contribution < -0.4 is 5.32 Å². The van der Waals surface area contributed by atoms with Gasteiger partial charge in [0.05, 0.1) is 0 Å². The summed E-state index contributed by atoms with van der Waals surface area (Å²) in [7, 11) is 0. The Bertz CT molecular complexity index is 547. The van der Waals surface area contributed by atoms with Gasteiger partial charge in [0.1, 0.15) is 0 Å². The Morgan fingerprint density at radius 3 is 2.29 bits per heavy atom. The molecule has 0 amide bonds. The summed E-state index contributed by atoms with van der Waals surface area (Å²) >= 11 is 3.47. The Morgan fingerprint density at radius 2 is 1.62 bits per heavy atom. The molecule has 0 aliphatic rings. The molecule has 0 unspecified atom stereocenters. The number of benzene rings is 2. The molecule has 0 heterocycles. The molecule has 21 heavy (non-hydrogen) atoms. The number of para-hydroxylation sites is 1. The number of halogens is 1. The summed E-state index contributed by atoms with van der Waals surface area (Å²) in [4.78, 5) is 2.43. The molecule has 0 atom stereocenters. The molecular weight excluding hydrogens is 324 g/mol. The van der Waals surface area contributed by atoms with Crippen molar-refractivity contribution in [1.82, 2.24) is 4.90 Å². The molecule has 0 saturated carbocycles. The number of hydrogen-bond acceptors (Lipinski definition) is 2. The van der Waals surface area contributed by atoms with E-state index in [-0.39, 0.29) is 0 Å². The molecule has 0 aliphatic carbocycles. The van der Waals surface area contributed by atoms with E-state index in [1.54, 1.807) is 0 Å². The van der Waals surface area contributed by atoms with Gasteiger partial charge in [0.2, 0.25) is 0 Å². The van der Waals surface area contributed by atoms with E-state index >= 15 is 0 Å². The van der Waals surface area contributed by atoms with Crippen LogP contribution in [0, 0.1) is 0 Å². The quantitative estimate of drug-likeness (QED) is 0.766. The Labute approximate surface area is 136 Å². The van der Waals surface area contributed by atoms with Crippen LogP contribution in [0.4, 0.5) is 5.69 Å². The SMILES string of the molecule is CCN(CC)Cc1ccccc1NCc1ccc(Br)cc1. The van der Waals surface area contributed by atoms with Crippen LogP contribution in [0.2, 0.25) is 0 Å². The fourth-order valence-electron chi connectivity index (χ4n) is 2.32. The Hall–Kier alpha value is -1.32. The zero-order chi connectivity index (χ0) is 15.1. The van der Waals surface area contributed by atoms with Gasteiger partial charge in [0.15, 0.2) is 0 Å². The number of rotatable bonds is 7. The van der Waals surface area contributed by atoms with E-state index in [0.717, 1.165) is 30.7 Å². The third kappa shape index (κ3) is 4.87. The standard InChI is InChI=1S/C18H23BrN2/c1-3-21(4-2)14-16-7-5-6-8-18(16)20-13-15-9-11-17(19)12-10-15/h5-12,20H,3-4,13-14H2,1-2H3. The molecule has 0 aromatic heterocycles. The first-order chi connectivity index (χ1) is 10.2. The minimum atomic E-state index is 0.850. The summed E-state index contributed by atoms with van der Waals surface area (Å²) in [5.41, 5.74) is 3.88. The van der Waals surface area contributed by atoms with Crippen LogP contribution in [0.15, 0.2) is 53.0 Å². The van der Waals surface area contributed by atoms with Gasteiger partial charge in [-0.25, -0.2) is 0 Å². The fourth-order valence-corrected chi connectivity index (χ4v) is 2.58. The van der Waals surface area contributed by atoms with Crippen LogP contribution >= 0.6 is 15.9 Å². The molecule has 2 aromatic carbocycles. The maximum Gasteiger partial charge on any atom is 0.0400 e. The highest BCUT2D eigenvalue weighted by Gasteiger charge is 2.05. The molecule has 3 heteroatoms. The van der Waals surface area contributed by atoms with Crippen LogP contribution in [0.25, 0.3) is 0 Å². The second-order valence-corrected chi connectivity index (χ2v) is 6.01. The van der Waals surface area contributed by atoms with Crippen molar-refractivity contribution < 1.29 is 0 Å². The van der Waals surface area contributed by atoms with Crippen LogP contribution in [0.3, 0.4) is 0 Å². The van der Waals surface area contributed by atoms with Gasteiger partial charge >= 0.3 is 0 Å². The minimum absolute atomic E-state index is 0.850. The summed E-state index contributed by atoms with van der Waals surface area (Å²) in [6.45, 7) is 8.43. The number of hydrogen-bond donors (Lipinski definition) is 1. The normalized spacial score (nSPS) is 10.9. The topological polar surface area (TPSA) is 15.3 Å². The maximum atomic E-state index is 3.56. The molecule has 0 bridgehead atoms. The lowest BCUT2D eigenvalue weighted by Crippen LogP contribution is -2.22. The van der Waals surface area contributed by atoms with Gasteiger partial charge in [0, 0.05) is 23.2 Å². The van der Waals surface area contributed by atoms with E-state index in [4.69, 9.17) is 0 Å². The van der Waals surface area contributed by atoms with E-state index < -0.39 is 0 Å². The Kier molecular flexibility index (Phi) is 6.27. The van der Waals surface area contributed by atoms with Crippen LogP contribution in [0.1, 0.15) is 25.0 Å². The highest BCUT2D eigenvalue weighted by atomic mass is 79.9. The summed E-state index contributed by atoms with van der Waals surface area (Å²) in [5, 5.41) is 3.56. The van der Waals surface area contributed by atoms with Gasteiger partial charge in [-0.2, -0.15) is 0 Å². The van der Waals surface area contributed by atoms with E-state index in [1.165, 1.54) is 16.8 Å². The van der Waals surface area contributed by atoms with Crippen LogP contribution in [-0.4, -0.2) is 18.0 Å². The van der Waals surface area contributed by atoms with Crippen LogP contribution in [-0.2, 0) is 13.1 Å². The first-order valence-corrected chi connectivity index (χ1v) is 8.30. The van der Waals surface area contributed by atoms with Gasteiger partial charge in [-0.05, 0) is 42.4 Å². The van der Waals surface area contributed by atoms with E-state index in [1.807, 2.05) is 0 Å². The zero-order valence-electron chi connectivity index (χ0n) is 12.8. The summed E-state index contributed by atoms with van der Waals surface area (Å²) in [6.07, 6.45) is 0. The van der Waals surface area contributed by atoms with Crippen molar-refractivity contribution in [3.8, 4) is 0 Å². The third-order valence-electron chi connectivity index (χ3n) is 3.70. The van der Waals surface area contributed by atoms with E-state index in [2.05, 4.69) is 88.5 Å². The molecular formula is C18H23BrN2. The van der Waals surface area contributed by atoms with Gasteiger partial charge in [-0.3, -0.25) is 4.90 Å². The molecule has 1 N–H and O–H groups in total. The van der Waals surface area contributed by atoms with Crippen molar-refractivity contribution in [3.63, 3.8) is 0 Å². The van der Waals surface area contributed by atoms with Crippen molar-refractivity contribution in [3.05, 3.63) is 64.1 Å². The number of nitrogens with zero attached hydrogens (tertiary/aromatic N) is 1. The fraction of sp³-hybridized carbons (Fsp3) is 0.333. The molecule has 0 spiro atoms. The summed E-state index contributed by atoms with van der Waals surface area (Å²) in [6, 6.07) is 17.0. The van der Waals surface area contributed by atoms with Crippen molar-refractivity contribution >= 4 is 21.6 Å². The first-order valence-electron chi connectivity index (χ1n) is 7.51. The average molecular weight is 347 g/mol. The van der Waals surface area contributed by atoms with Gasteiger partial charge in [-0.1, -0.05) is 60.1 Å². The minimum Gasteiger partial charge on any atom is -0.381 e. The van der Waals surface area contributed by atoms with E-state index in [0.29, 0.717) is 0 Å². The smallest absolute Gasteiger partial charge is 0.0400 e. The molecule has 0 radical (unpaired) electrons. The second kappa shape index (κ2) is 8.20. The largest absolute Gasteiger partial charge is 0.381 e. The van der Waals surface area contributed by atoms with Gasteiger partial charge in [0.25, 0.3) is 0 Å². The van der Waals surface area contributed by atoms with Crippen molar-refractivity contribution in [1.29, 1.82) is 0 Å². The third-order valence-corrected chi connectivity index (χ3v) is 4.23. The predicted molar refractivity (Wildman–Crippen MR) is 94.5 cm³/mol. The van der Waals surface area contributed by atoms with Gasteiger partial charge in [-0.15, -0.1) is 0 Å². The lowest BCUT2D eigenvalue weighted by molar-refractivity contribution is 0.296. The average Bonchev–Trinajstić information content (AvgIpc) is 2.53. The molecule has 2 nitrogen and oxygen atoms in total. The molecule has 0 saturated heterocycles. The second-order valence-electron chi connectivity index (χ2n) is 5.10. The molecule has 2 rings (SSSR count). The molecule has 0 aliphatic heterocycles.